The Balaban J connectivity index is 2.07. The highest BCUT2D eigenvalue weighted by Gasteiger charge is 2.32. The van der Waals surface area contributed by atoms with Gasteiger partial charge in [-0.2, -0.15) is 0 Å². The standard InChI is InChI=1S/C18H25Cl2NOS/c1-12(11-18(2,3)4)9-16(22)21-7-8-23-17(21)14-6-5-13(19)10-15(14)20/h5-6,10,12,17H,7-9,11H2,1-4H3/t12-,17-/m0/s1. The molecule has 0 saturated carbocycles. The van der Waals surface area contributed by atoms with Crippen LogP contribution in [0.1, 0.15) is 51.5 Å². The van der Waals surface area contributed by atoms with E-state index in [1.165, 1.54) is 0 Å². The topological polar surface area (TPSA) is 20.3 Å². The zero-order valence-electron chi connectivity index (χ0n) is 14.2. The number of halogens is 2. The van der Waals surface area contributed by atoms with E-state index < -0.39 is 0 Å². The van der Waals surface area contributed by atoms with Crippen molar-refractivity contribution in [1.29, 1.82) is 0 Å². The van der Waals surface area contributed by atoms with Crippen molar-refractivity contribution in [2.24, 2.45) is 11.3 Å². The SMILES string of the molecule is C[C@@H](CC(=O)N1CCS[C@H]1c1ccc(Cl)cc1Cl)CC(C)(C)C. The fraction of sp³-hybridized carbons (Fsp3) is 0.611. The van der Waals surface area contributed by atoms with E-state index in [4.69, 9.17) is 23.2 Å². The van der Waals surface area contributed by atoms with E-state index in [-0.39, 0.29) is 16.7 Å². The summed E-state index contributed by atoms with van der Waals surface area (Å²) in [5.41, 5.74) is 1.23. The molecule has 0 bridgehead atoms. The van der Waals surface area contributed by atoms with Crippen molar-refractivity contribution in [2.45, 2.75) is 45.9 Å². The van der Waals surface area contributed by atoms with Crippen molar-refractivity contribution in [1.82, 2.24) is 4.90 Å². The molecule has 0 N–H and O–H groups in total. The van der Waals surface area contributed by atoms with E-state index >= 15 is 0 Å². The van der Waals surface area contributed by atoms with Crippen LogP contribution in [0.3, 0.4) is 0 Å². The van der Waals surface area contributed by atoms with Gasteiger partial charge in [-0.15, -0.1) is 11.8 Å². The van der Waals surface area contributed by atoms with E-state index in [0.29, 0.717) is 22.4 Å². The van der Waals surface area contributed by atoms with Gasteiger partial charge in [0.15, 0.2) is 0 Å². The number of nitrogens with zero attached hydrogens (tertiary/aromatic N) is 1. The average molecular weight is 374 g/mol. The summed E-state index contributed by atoms with van der Waals surface area (Å²) >= 11 is 14.1. The lowest BCUT2D eigenvalue weighted by Crippen LogP contribution is -2.32. The van der Waals surface area contributed by atoms with Gasteiger partial charge in [0.2, 0.25) is 5.91 Å². The van der Waals surface area contributed by atoms with Crippen LogP contribution in [0.4, 0.5) is 0 Å². The van der Waals surface area contributed by atoms with E-state index in [1.807, 2.05) is 17.0 Å². The molecule has 1 saturated heterocycles. The van der Waals surface area contributed by atoms with Crippen LogP contribution in [0, 0.1) is 11.3 Å². The summed E-state index contributed by atoms with van der Waals surface area (Å²) in [6, 6.07) is 5.53. The van der Waals surface area contributed by atoms with Crippen molar-refractivity contribution in [3.8, 4) is 0 Å². The molecule has 128 valence electrons. The number of hydrogen-bond acceptors (Lipinski definition) is 2. The monoisotopic (exact) mass is 373 g/mol. The quantitative estimate of drug-likeness (QED) is 0.641. The van der Waals surface area contributed by atoms with Crippen molar-refractivity contribution in [2.75, 3.05) is 12.3 Å². The predicted molar refractivity (Wildman–Crippen MR) is 101 cm³/mol. The summed E-state index contributed by atoms with van der Waals surface area (Å²) in [5, 5.41) is 1.27. The Labute approximate surface area is 153 Å². The van der Waals surface area contributed by atoms with Gasteiger partial charge in [0.25, 0.3) is 0 Å². The molecule has 5 heteroatoms. The summed E-state index contributed by atoms with van der Waals surface area (Å²) in [5.74, 6) is 1.56. The smallest absolute Gasteiger partial charge is 0.224 e. The summed E-state index contributed by atoms with van der Waals surface area (Å²) in [6.07, 6.45) is 1.64. The Morgan fingerprint density at radius 3 is 2.70 bits per heavy atom. The van der Waals surface area contributed by atoms with Crippen LogP contribution in [-0.2, 0) is 4.79 Å². The molecule has 23 heavy (non-hydrogen) atoms. The first-order valence-corrected chi connectivity index (χ1v) is 9.84. The molecule has 1 aromatic carbocycles. The molecule has 1 aliphatic heterocycles. The van der Waals surface area contributed by atoms with E-state index in [2.05, 4.69) is 27.7 Å². The molecular weight excluding hydrogens is 349 g/mol. The highest BCUT2D eigenvalue weighted by molar-refractivity contribution is 7.99. The first kappa shape index (κ1) is 19.0. The second-order valence-electron chi connectivity index (χ2n) is 7.55. The lowest BCUT2D eigenvalue weighted by molar-refractivity contribution is -0.132. The Morgan fingerprint density at radius 2 is 2.09 bits per heavy atom. The van der Waals surface area contributed by atoms with Crippen LogP contribution in [0.2, 0.25) is 10.0 Å². The van der Waals surface area contributed by atoms with Gasteiger partial charge < -0.3 is 4.90 Å². The van der Waals surface area contributed by atoms with Gasteiger partial charge in [-0.1, -0.05) is 57.0 Å². The zero-order chi connectivity index (χ0) is 17.2. The molecule has 1 fully saturated rings. The maximum atomic E-state index is 12.7. The first-order chi connectivity index (χ1) is 10.7. The first-order valence-electron chi connectivity index (χ1n) is 8.03. The highest BCUT2D eigenvalue weighted by Crippen LogP contribution is 2.42. The molecule has 0 aliphatic carbocycles. The number of carbonyl (C=O) groups is 1. The van der Waals surface area contributed by atoms with Crippen molar-refractivity contribution in [3.63, 3.8) is 0 Å². The van der Waals surface area contributed by atoms with Crippen LogP contribution >= 0.6 is 35.0 Å². The second-order valence-corrected chi connectivity index (χ2v) is 9.58. The summed E-state index contributed by atoms with van der Waals surface area (Å²) < 4.78 is 0. The van der Waals surface area contributed by atoms with E-state index in [0.717, 1.165) is 24.3 Å². The van der Waals surface area contributed by atoms with E-state index in [9.17, 15) is 4.79 Å². The van der Waals surface area contributed by atoms with Gasteiger partial charge in [0, 0.05) is 34.3 Å². The molecule has 0 spiro atoms. The molecule has 1 amide bonds. The Bertz CT molecular complexity index is 571. The summed E-state index contributed by atoms with van der Waals surface area (Å²) in [4.78, 5) is 14.7. The Kier molecular flexibility index (Phi) is 6.32. The van der Waals surface area contributed by atoms with Crippen molar-refractivity contribution < 1.29 is 4.79 Å². The van der Waals surface area contributed by atoms with E-state index in [1.54, 1.807) is 17.8 Å². The Morgan fingerprint density at radius 1 is 1.39 bits per heavy atom. The van der Waals surface area contributed by atoms with Gasteiger partial charge in [-0.25, -0.2) is 0 Å². The number of amides is 1. The van der Waals surface area contributed by atoms with Crippen LogP contribution in [-0.4, -0.2) is 23.1 Å². The number of benzene rings is 1. The van der Waals surface area contributed by atoms with Gasteiger partial charge in [-0.05, 0) is 29.9 Å². The van der Waals surface area contributed by atoms with Gasteiger partial charge in [0.05, 0.1) is 0 Å². The number of thioether (sulfide) groups is 1. The summed E-state index contributed by atoms with van der Waals surface area (Å²) in [6.45, 7) is 9.61. The third kappa shape index (κ3) is 5.30. The van der Waals surface area contributed by atoms with Gasteiger partial charge in [-0.3, -0.25) is 4.79 Å². The second kappa shape index (κ2) is 7.67. The molecular formula is C18H25Cl2NOS. The molecule has 1 aliphatic rings. The minimum Gasteiger partial charge on any atom is -0.326 e. The van der Waals surface area contributed by atoms with Crippen LogP contribution in [0.15, 0.2) is 18.2 Å². The van der Waals surface area contributed by atoms with Crippen LogP contribution < -0.4 is 0 Å². The normalized spacial score (nSPS) is 19.9. The maximum absolute atomic E-state index is 12.7. The lowest BCUT2D eigenvalue weighted by Gasteiger charge is -2.28. The third-order valence-electron chi connectivity index (χ3n) is 3.92. The largest absolute Gasteiger partial charge is 0.326 e. The summed E-state index contributed by atoms with van der Waals surface area (Å²) in [7, 11) is 0. The number of carbonyl (C=O) groups excluding carboxylic acids is 1. The van der Waals surface area contributed by atoms with Crippen LogP contribution in [0.5, 0.6) is 0 Å². The van der Waals surface area contributed by atoms with Gasteiger partial charge >= 0.3 is 0 Å². The van der Waals surface area contributed by atoms with Crippen molar-refractivity contribution in [3.05, 3.63) is 33.8 Å². The van der Waals surface area contributed by atoms with Crippen molar-refractivity contribution >= 4 is 40.9 Å². The molecule has 2 atom stereocenters. The fourth-order valence-electron chi connectivity index (χ4n) is 3.22. The minimum absolute atomic E-state index is 0.00843. The minimum atomic E-state index is 0.00843. The molecule has 2 nitrogen and oxygen atoms in total. The molecule has 0 unspecified atom stereocenters. The fourth-order valence-corrected chi connectivity index (χ4v) is 5.11. The molecule has 1 heterocycles. The zero-order valence-corrected chi connectivity index (χ0v) is 16.6. The number of hydrogen-bond donors (Lipinski definition) is 0. The molecule has 0 radical (unpaired) electrons. The lowest BCUT2D eigenvalue weighted by atomic mass is 9.84. The third-order valence-corrected chi connectivity index (χ3v) is 5.73. The van der Waals surface area contributed by atoms with Crippen LogP contribution in [0.25, 0.3) is 0 Å². The molecule has 0 aromatic heterocycles. The number of rotatable bonds is 4. The van der Waals surface area contributed by atoms with Gasteiger partial charge in [0.1, 0.15) is 5.37 Å². The predicted octanol–water partition coefficient (Wildman–Crippen LogP) is 6.03. The maximum Gasteiger partial charge on any atom is 0.224 e. The molecule has 2 rings (SSSR count). The Hall–Kier alpha value is -0.380. The molecule has 1 aromatic rings. The average Bonchev–Trinajstić information content (AvgIpc) is 2.85. The highest BCUT2D eigenvalue weighted by atomic mass is 35.5.